The maximum Gasteiger partial charge on any atom is 0.180 e. The monoisotopic (exact) mass is 396 g/mol. The average Bonchev–Trinajstić information content (AvgIpc) is 3.30. The number of aliphatic hydroxyl groups is 1. The number of aromatic nitrogens is 6. The maximum absolute atomic E-state index is 9.17. The van der Waals surface area contributed by atoms with E-state index >= 15 is 0 Å². The molecule has 1 saturated heterocycles. The third-order valence-electron chi connectivity index (χ3n) is 5.27. The van der Waals surface area contributed by atoms with Gasteiger partial charge >= 0.3 is 0 Å². The summed E-state index contributed by atoms with van der Waals surface area (Å²) in [6.07, 6.45) is 4.22. The molecule has 8 nitrogen and oxygen atoms in total. The molecule has 29 heavy (non-hydrogen) atoms. The summed E-state index contributed by atoms with van der Waals surface area (Å²) < 4.78 is 9.52. The van der Waals surface area contributed by atoms with Crippen LogP contribution in [0.3, 0.4) is 0 Å². The van der Waals surface area contributed by atoms with E-state index in [-0.39, 0.29) is 18.2 Å². The van der Waals surface area contributed by atoms with Gasteiger partial charge in [0.25, 0.3) is 0 Å². The van der Waals surface area contributed by atoms with Gasteiger partial charge in [0.15, 0.2) is 11.6 Å². The maximum atomic E-state index is 9.17. The standard InChI is InChI=1S/C21H28N6O2/c1-15-4-6-16(7-5-15)12-19-22-20(18-14-26(9-10-28)25-23-18)27(24-19)17-8-11-29-21(2,3)13-17/h4-7,14,17,28H,8-13H2,1-3H3. The number of rotatable bonds is 6. The predicted molar refractivity (Wildman–Crippen MR) is 108 cm³/mol. The van der Waals surface area contributed by atoms with Crippen molar-refractivity contribution in [2.24, 2.45) is 0 Å². The van der Waals surface area contributed by atoms with E-state index in [1.807, 2.05) is 10.9 Å². The summed E-state index contributed by atoms with van der Waals surface area (Å²) in [5.74, 6) is 1.49. The molecule has 1 aliphatic heterocycles. The number of aryl methyl sites for hydroxylation is 1. The Morgan fingerprint density at radius 1 is 1.24 bits per heavy atom. The van der Waals surface area contributed by atoms with Crippen LogP contribution in [-0.2, 0) is 17.7 Å². The van der Waals surface area contributed by atoms with Crippen LogP contribution in [0.2, 0.25) is 0 Å². The Morgan fingerprint density at radius 2 is 2.03 bits per heavy atom. The fraction of sp³-hybridized carbons (Fsp3) is 0.524. The Morgan fingerprint density at radius 3 is 2.76 bits per heavy atom. The topological polar surface area (TPSA) is 90.9 Å². The lowest BCUT2D eigenvalue weighted by Crippen LogP contribution is -2.35. The first-order valence-electron chi connectivity index (χ1n) is 10.1. The zero-order valence-electron chi connectivity index (χ0n) is 17.2. The van der Waals surface area contributed by atoms with Crippen LogP contribution in [0, 0.1) is 6.92 Å². The molecule has 0 saturated carbocycles. The fourth-order valence-electron chi connectivity index (χ4n) is 3.78. The van der Waals surface area contributed by atoms with E-state index in [9.17, 15) is 0 Å². The lowest BCUT2D eigenvalue weighted by atomic mass is 9.94. The van der Waals surface area contributed by atoms with Crippen LogP contribution in [0.15, 0.2) is 30.5 Å². The van der Waals surface area contributed by atoms with Gasteiger partial charge < -0.3 is 9.84 Å². The second-order valence-corrected chi connectivity index (χ2v) is 8.30. The van der Waals surface area contributed by atoms with Gasteiger partial charge in [-0.2, -0.15) is 5.10 Å². The minimum absolute atomic E-state index is 0.0162. The molecule has 1 aliphatic rings. The summed E-state index contributed by atoms with van der Waals surface area (Å²) in [4.78, 5) is 4.83. The van der Waals surface area contributed by atoms with Gasteiger partial charge in [0, 0.05) is 13.0 Å². The number of hydrogen-bond acceptors (Lipinski definition) is 6. The van der Waals surface area contributed by atoms with Gasteiger partial charge in [0.2, 0.25) is 0 Å². The molecule has 1 atom stereocenters. The first-order valence-corrected chi connectivity index (χ1v) is 10.1. The Hall–Kier alpha value is -2.58. The van der Waals surface area contributed by atoms with Crippen molar-refractivity contribution >= 4 is 0 Å². The molecule has 3 heterocycles. The summed E-state index contributed by atoms with van der Waals surface area (Å²) in [6.45, 7) is 7.42. The number of hydrogen-bond donors (Lipinski definition) is 1. The summed E-state index contributed by atoms with van der Waals surface area (Å²) in [5.41, 5.74) is 2.89. The Kier molecular flexibility index (Phi) is 5.47. The zero-order chi connectivity index (χ0) is 20.4. The van der Waals surface area contributed by atoms with Crippen molar-refractivity contribution in [2.75, 3.05) is 13.2 Å². The van der Waals surface area contributed by atoms with Crippen LogP contribution in [0.5, 0.6) is 0 Å². The van der Waals surface area contributed by atoms with Crippen molar-refractivity contribution < 1.29 is 9.84 Å². The molecule has 8 heteroatoms. The van der Waals surface area contributed by atoms with E-state index in [0.717, 1.165) is 24.5 Å². The van der Waals surface area contributed by atoms with Gasteiger partial charge in [-0.3, -0.25) is 0 Å². The molecule has 0 bridgehead atoms. The quantitative estimate of drug-likeness (QED) is 0.689. The summed E-state index contributed by atoms with van der Waals surface area (Å²) >= 11 is 0. The molecule has 3 aromatic rings. The molecule has 4 rings (SSSR count). The summed E-state index contributed by atoms with van der Waals surface area (Å²) in [5, 5.41) is 22.4. The lowest BCUT2D eigenvalue weighted by Gasteiger charge is -2.35. The van der Waals surface area contributed by atoms with Crippen molar-refractivity contribution in [3.8, 4) is 11.5 Å². The van der Waals surface area contributed by atoms with Crippen molar-refractivity contribution in [3.05, 3.63) is 47.4 Å². The van der Waals surface area contributed by atoms with Crippen LogP contribution in [0.1, 0.15) is 49.7 Å². The SMILES string of the molecule is Cc1ccc(Cc2nc(-c3cn(CCO)nn3)n(C3CCOC(C)(C)C3)n2)cc1. The molecule has 2 aromatic heterocycles. The molecular weight excluding hydrogens is 368 g/mol. The number of benzene rings is 1. The molecule has 1 fully saturated rings. The predicted octanol–water partition coefficient (Wildman–Crippen LogP) is 2.56. The highest BCUT2D eigenvalue weighted by molar-refractivity contribution is 5.47. The Balaban J connectivity index is 1.68. The van der Waals surface area contributed by atoms with Crippen LogP contribution >= 0.6 is 0 Å². The first-order chi connectivity index (χ1) is 13.9. The van der Waals surface area contributed by atoms with E-state index in [0.29, 0.717) is 25.3 Å². The third kappa shape index (κ3) is 4.54. The Labute approximate surface area is 170 Å². The zero-order valence-corrected chi connectivity index (χ0v) is 17.2. The molecule has 1 aromatic carbocycles. The highest BCUT2D eigenvalue weighted by Crippen LogP contribution is 2.34. The second-order valence-electron chi connectivity index (χ2n) is 8.30. The van der Waals surface area contributed by atoms with Crippen molar-refractivity contribution in [1.82, 2.24) is 29.8 Å². The molecule has 0 aliphatic carbocycles. The van der Waals surface area contributed by atoms with Crippen LogP contribution in [0.25, 0.3) is 11.5 Å². The second kappa shape index (κ2) is 8.04. The van der Waals surface area contributed by atoms with Gasteiger partial charge in [0.1, 0.15) is 5.69 Å². The number of ether oxygens (including phenoxy) is 1. The summed E-state index contributed by atoms with van der Waals surface area (Å²) in [7, 11) is 0. The van der Waals surface area contributed by atoms with Crippen molar-refractivity contribution in [3.63, 3.8) is 0 Å². The molecule has 0 radical (unpaired) electrons. The van der Waals surface area contributed by atoms with Crippen LogP contribution in [-0.4, -0.2) is 53.7 Å². The van der Waals surface area contributed by atoms with Crippen molar-refractivity contribution in [2.45, 2.75) is 58.2 Å². The molecule has 0 spiro atoms. The van der Waals surface area contributed by atoms with E-state index in [1.165, 1.54) is 11.1 Å². The van der Waals surface area contributed by atoms with Gasteiger partial charge in [-0.05, 0) is 39.2 Å². The molecule has 1 unspecified atom stereocenters. The fourth-order valence-corrected chi connectivity index (χ4v) is 3.78. The molecule has 1 N–H and O–H groups in total. The highest BCUT2D eigenvalue weighted by Gasteiger charge is 2.32. The van der Waals surface area contributed by atoms with Gasteiger partial charge in [0.05, 0.1) is 31.0 Å². The first kappa shape index (κ1) is 19.7. The molecule has 154 valence electrons. The van der Waals surface area contributed by atoms with E-state index < -0.39 is 0 Å². The van der Waals surface area contributed by atoms with Gasteiger partial charge in [-0.25, -0.2) is 14.3 Å². The minimum Gasteiger partial charge on any atom is -0.394 e. The highest BCUT2D eigenvalue weighted by atomic mass is 16.5. The third-order valence-corrected chi connectivity index (χ3v) is 5.27. The smallest absolute Gasteiger partial charge is 0.180 e. The Bertz CT molecular complexity index is 960. The average molecular weight is 396 g/mol. The lowest BCUT2D eigenvalue weighted by molar-refractivity contribution is -0.0706. The van der Waals surface area contributed by atoms with Crippen LogP contribution in [0.4, 0.5) is 0 Å². The van der Waals surface area contributed by atoms with Gasteiger partial charge in [-0.15, -0.1) is 5.10 Å². The van der Waals surface area contributed by atoms with E-state index in [2.05, 4.69) is 55.3 Å². The number of aliphatic hydroxyl groups excluding tert-OH is 1. The molecular formula is C21H28N6O2. The summed E-state index contributed by atoms with van der Waals surface area (Å²) in [6, 6.07) is 8.63. The largest absolute Gasteiger partial charge is 0.394 e. The van der Waals surface area contributed by atoms with Gasteiger partial charge in [-0.1, -0.05) is 35.0 Å². The van der Waals surface area contributed by atoms with Crippen LogP contribution < -0.4 is 0 Å². The number of nitrogens with zero attached hydrogens (tertiary/aromatic N) is 6. The minimum atomic E-state index is -0.197. The van der Waals surface area contributed by atoms with E-state index in [4.69, 9.17) is 19.9 Å². The normalized spacial score (nSPS) is 18.8. The van der Waals surface area contributed by atoms with E-state index in [1.54, 1.807) is 4.68 Å². The molecule has 0 amide bonds. The van der Waals surface area contributed by atoms with Crippen molar-refractivity contribution in [1.29, 1.82) is 0 Å².